The van der Waals surface area contributed by atoms with E-state index in [0.29, 0.717) is 42.7 Å². The first-order valence-electron chi connectivity index (χ1n) is 10.5. The molecule has 8 heteroatoms. The number of hydrogen-bond donors (Lipinski definition) is 0. The van der Waals surface area contributed by atoms with Crippen molar-refractivity contribution in [1.82, 2.24) is 9.78 Å². The number of hydrogen-bond acceptors (Lipinski definition) is 5. The molecule has 2 aromatic carbocycles. The lowest BCUT2D eigenvalue weighted by molar-refractivity contribution is -0.0515. The van der Waals surface area contributed by atoms with Crippen LogP contribution in [0.2, 0.25) is 0 Å². The average molecular weight is 442 g/mol. The van der Waals surface area contributed by atoms with E-state index < -0.39 is 6.61 Å². The minimum absolute atomic E-state index is 0.0290. The SMILES string of the molecule is CCOC(=O)c1cccc(-c2ccn(Cc3ccc(OC(F)F)c(OCC4CC4)c3)n2)c1. The third kappa shape index (κ3) is 5.63. The van der Waals surface area contributed by atoms with Crippen LogP contribution in [0.1, 0.15) is 35.7 Å². The van der Waals surface area contributed by atoms with Gasteiger partial charge in [-0.2, -0.15) is 13.9 Å². The van der Waals surface area contributed by atoms with Crippen molar-refractivity contribution in [3.05, 3.63) is 65.9 Å². The van der Waals surface area contributed by atoms with Gasteiger partial charge in [-0.1, -0.05) is 18.2 Å². The number of esters is 1. The van der Waals surface area contributed by atoms with Crippen LogP contribution < -0.4 is 9.47 Å². The van der Waals surface area contributed by atoms with E-state index in [1.807, 2.05) is 18.3 Å². The fourth-order valence-corrected chi connectivity index (χ4v) is 3.26. The van der Waals surface area contributed by atoms with Gasteiger partial charge in [-0.15, -0.1) is 0 Å². The fraction of sp³-hybridized carbons (Fsp3) is 0.333. The Morgan fingerprint density at radius 2 is 2.00 bits per heavy atom. The summed E-state index contributed by atoms with van der Waals surface area (Å²) < 4.78 is 42.6. The van der Waals surface area contributed by atoms with Gasteiger partial charge < -0.3 is 14.2 Å². The van der Waals surface area contributed by atoms with Crippen molar-refractivity contribution in [3.8, 4) is 22.8 Å². The van der Waals surface area contributed by atoms with Crippen molar-refractivity contribution < 1.29 is 27.8 Å². The Hall–Kier alpha value is -3.42. The molecule has 0 saturated heterocycles. The smallest absolute Gasteiger partial charge is 0.387 e. The fourth-order valence-electron chi connectivity index (χ4n) is 3.26. The highest BCUT2D eigenvalue weighted by Gasteiger charge is 2.23. The van der Waals surface area contributed by atoms with Gasteiger partial charge in [0.2, 0.25) is 0 Å². The molecular weight excluding hydrogens is 418 g/mol. The van der Waals surface area contributed by atoms with E-state index in [1.54, 1.807) is 41.9 Å². The molecule has 1 heterocycles. The van der Waals surface area contributed by atoms with Gasteiger partial charge in [0.25, 0.3) is 0 Å². The number of carbonyl (C=O) groups is 1. The molecule has 0 amide bonds. The number of alkyl halides is 2. The molecular formula is C24H24F2N2O4. The van der Waals surface area contributed by atoms with E-state index >= 15 is 0 Å². The molecule has 3 aromatic rings. The van der Waals surface area contributed by atoms with Crippen molar-refractivity contribution in [2.45, 2.75) is 32.9 Å². The van der Waals surface area contributed by atoms with Gasteiger partial charge in [0.05, 0.1) is 31.0 Å². The molecule has 1 aromatic heterocycles. The van der Waals surface area contributed by atoms with Gasteiger partial charge >= 0.3 is 12.6 Å². The molecule has 1 fully saturated rings. The van der Waals surface area contributed by atoms with Crippen LogP contribution in [0.25, 0.3) is 11.3 Å². The quantitative estimate of drug-likeness (QED) is 0.406. The highest BCUT2D eigenvalue weighted by Crippen LogP contribution is 2.34. The van der Waals surface area contributed by atoms with Gasteiger partial charge in [0.1, 0.15) is 0 Å². The molecule has 0 aliphatic heterocycles. The second-order valence-electron chi connectivity index (χ2n) is 7.61. The summed E-state index contributed by atoms with van der Waals surface area (Å²) in [4.78, 5) is 12.0. The van der Waals surface area contributed by atoms with Gasteiger partial charge in [-0.05, 0) is 61.6 Å². The highest BCUT2D eigenvalue weighted by atomic mass is 19.3. The van der Waals surface area contributed by atoms with Crippen LogP contribution in [-0.2, 0) is 11.3 Å². The molecule has 6 nitrogen and oxygen atoms in total. The maximum Gasteiger partial charge on any atom is 0.387 e. The predicted molar refractivity (Wildman–Crippen MR) is 114 cm³/mol. The number of rotatable bonds is 10. The molecule has 0 N–H and O–H groups in total. The first-order valence-corrected chi connectivity index (χ1v) is 10.5. The van der Waals surface area contributed by atoms with E-state index in [2.05, 4.69) is 9.84 Å². The largest absolute Gasteiger partial charge is 0.489 e. The van der Waals surface area contributed by atoms with Crippen molar-refractivity contribution in [2.75, 3.05) is 13.2 Å². The normalized spacial score (nSPS) is 13.2. The Labute approximate surface area is 184 Å². The monoisotopic (exact) mass is 442 g/mol. The number of benzene rings is 2. The number of halogens is 2. The Morgan fingerprint density at radius 3 is 2.75 bits per heavy atom. The topological polar surface area (TPSA) is 62.6 Å². The lowest BCUT2D eigenvalue weighted by Crippen LogP contribution is -2.07. The van der Waals surface area contributed by atoms with E-state index in [1.165, 1.54) is 6.07 Å². The van der Waals surface area contributed by atoms with Gasteiger partial charge in [0, 0.05) is 11.8 Å². The van der Waals surface area contributed by atoms with E-state index in [9.17, 15) is 13.6 Å². The van der Waals surface area contributed by atoms with Crippen LogP contribution in [0, 0.1) is 5.92 Å². The molecule has 1 aliphatic carbocycles. The van der Waals surface area contributed by atoms with Gasteiger partial charge in [-0.25, -0.2) is 4.79 Å². The summed E-state index contributed by atoms with van der Waals surface area (Å²) in [6.45, 7) is 0.0736. The molecule has 0 bridgehead atoms. The summed E-state index contributed by atoms with van der Waals surface area (Å²) in [5.74, 6) is 0.446. The Kier molecular flexibility index (Phi) is 6.68. The molecule has 4 rings (SSSR count). The Bertz CT molecular complexity index is 1080. The van der Waals surface area contributed by atoms with Crippen molar-refractivity contribution in [1.29, 1.82) is 0 Å². The summed E-state index contributed by atoms with van der Waals surface area (Å²) in [6.07, 6.45) is 4.01. The van der Waals surface area contributed by atoms with Crippen LogP contribution >= 0.6 is 0 Å². The van der Waals surface area contributed by atoms with Gasteiger partial charge in [0.15, 0.2) is 11.5 Å². The second-order valence-corrected chi connectivity index (χ2v) is 7.61. The maximum atomic E-state index is 12.7. The molecule has 168 valence electrons. The summed E-state index contributed by atoms with van der Waals surface area (Å²) in [5.41, 5.74) is 2.81. The molecule has 32 heavy (non-hydrogen) atoms. The first kappa shape index (κ1) is 21.8. The zero-order chi connectivity index (χ0) is 22.5. The van der Waals surface area contributed by atoms with Gasteiger partial charge in [-0.3, -0.25) is 4.68 Å². The van der Waals surface area contributed by atoms with Crippen LogP contribution in [0.4, 0.5) is 8.78 Å². The third-order valence-corrected chi connectivity index (χ3v) is 5.05. The zero-order valence-corrected chi connectivity index (χ0v) is 17.7. The summed E-state index contributed by atoms with van der Waals surface area (Å²) in [6, 6.07) is 13.9. The summed E-state index contributed by atoms with van der Waals surface area (Å²) in [5, 5.41) is 4.58. The highest BCUT2D eigenvalue weighted by molar-refractivity contribution is 5.90. The lowest BCUT2D eigenvalue weighted by atomic mass is 10.1. The molecule has 0 radical (unpaired) electrons. The molecule has 1 aliphatic rings. The molecule has 0 atom stereocenters. The first-order chi connectivity index (χ1) is 15.5. The minimum atomic E-state index is -2.91. The Morgan fingerprint density at radius 1 is 1.16 bits per heavy atom. The standard InChI is InChI=1S/C24H24F2N2O4/c1-2-30-23(29)19-5-3-4-18(13-19)20-10-11-28(27-20)14-17-8-9-21(32-24(25)26)22(12-17)31-15-16-6-7-16/h3-5,8-13,16,24H,2,6-7,14-15H2,1H3. The van der Waals surface area contributed by atoms with E-state index in [4.69, 9.17) is 9.47 Å². The van der Waals surface area contributed by atoms with Crippen molar-refractivity contribution in [2.24, 2.45) is 5.92 Å². The van der Waals surface area contributed by atoms with Crippen LogP contribution in [0.15, 0.2) is 54.7 Å². The van der Waals surface area contributed by atoms with E-state index in [-0.39, 0.29) is 11.7 Å². The number of nitrogens with zero attached hydrogens (tertiary/aromatic N) is 2. The second kappa shape index (κ2) is 9.80. The minimum Gasteiger partial charge on any atom is -0.489 e. The number of aromatic nitrogens is 2. The molecule has 1 saturated carbocycles. The van der Waals surface area contributed by atoms with Crippen molar-refractivity contribution in [3.63, 3.8) is 0 Å². The Balaban J connectivity index is 1.49. The predicted octanol–water partition coefficient (Wildman–Crippen LogP) is 5.17. The number of carbonyl (C=O) groups excluding carboxylic acids is 1. The third-order valence-electron chi connectivity index (χ3n) is 5.05. The zero-order valence-electron chi connectivity index (χ0n) is 17.7. The maximum absolute atomic E-state index is 12.7. The van der Waals surface area contributed by atoms with Crippen LogP contribution in [-0.4, -0.2) is 35.6 Å². The average Bonchev–Trinajstić information content (AvgIpc) is 3.50. The summed E-state index contributed by atoms with van der Waals surface area (Å²) in [7, 11) is 0. The van der Waals surface area contributed by atoms with Crippen LogP contribution in [0.3, 0.4) is 0 Å². The van der Waals surface area contributed by atoms with E-state index in [0.717, 1.165) is 24.0 Å². The van der Waals surface area contributed by atoms with Crippen molar-refractivity contribution >= 4 is 5.97 Å². The van der Waals surface area contributed by atoms with Crippen LogP contribution in [0.5, 0.6) is 11.5 Å². The lowest BCUT2D eigenvalue weighted by Gasteiger charge is -2.13. The summed E-state index contributed by atoms with van der Waals surface area (Å²) >= 11 is 0. The number of ether oxygens (including phenoxy) is 3. The molecule has 0 unspecified atom stereocenters. The molecule has 0 spiro atoms.